The number of fused-ring (bicyclic) bond motifs is 1. The van der Waals surface area contributed by atoms with Crippen molar-refractivity contribution in [1.82, 2.24) is 9.99 Å². The summed E-state index contributed by atoms with van der Waals surface area (Å²) in [6, 6.07) is 24.7. The SMILES string of the molecule is CCc1ccccc1-n1c(C)cc(/C=N\NC(=O)Cc2cccc3ccccc23)c1C. The molecule has 1 heterocycles. The van der Waals surface area contributed by atoms with E-state index in [4.69, 9.17) is 0 Å². The van der Waals surface area contributed by atoms with E-state index < -0.39 is 0 Å². The highest BCUT2D eigenvalue weighted by atomic mass is 16.2. The molecule has 0 aliphatic heterocycles. The Hall–Kier alpha value is -3.66. The van der Waals surface area contributed by atoms with Gasteiger partial charge in [0.25, 0.3) is 0 Å². The molecule has 0 spiro atoms. The van der Waals surface area contributed by atoms with Gasteiger partial charge in [0.05, 0.1) is 12.6 Å². The molecule has 156 valence electrons. The van der Waals surface area contributed by atoms with Crippen molar-refractivity contribution < 1.29 is 4.79 Å². The molecule has 1 aromatic heterocycles. The van der Waals surface area contributed by atoms with Gasteiger partial charge in [0.2, 0.25) is 5.91 Å². The number of hydrogen-bond donors (Lipinski definition) is 1. The molecule has 31 heavy (non-hydrogen) atoms. The van der Waals surface area contributed by atoms with Crippen molar-refractivity contribution in [3.63, 3.8) is 0 Å². The van der Waals surface area contributed by atoms with Crippen molar-refractivity contribution in [3.8, 4) is 5.69 Å². The van der Waals surface area contributed by atoms with E-state index in [9.17, 15) is 4.79 Å². The van der Waals surface area contributed by atoms with Crippen LogP contribution in [0.4, 0.5) is 0 Å². The third kappa shape index (κ3) is 4.29. The van der Waals surface area contributed by atoms with Crippen LogP contribution in [0.1, 0.15) is 35.0 Å². The van der Waals surface area contributed by atoms with Gasteiger partial charge in [-0.05, 0) is 54.3 Å². The lowest BCUT2D eigenvalue weighted by Gasteiger charge is -2.13. The van der Waals surface area contributed by atoms with Crippen molar-refractivity contribution in [2.75, 3.05) is 0 Å². The molecule has 4 heteroatoms. The number of hydrogen-bond acceptors (Lipinski definition) is 2. The largest absolute Gasteiger partial charge is 0.318 e. The predicted molar refractivity (Wildman–Crippen MR) is 128 cm³/mol. The molecule has 4 rings (SSSR count). The lowest BCUT2D eigenvalue weighted by atomic mass is 10.0. The fourth-order valence-corrected chi connectivity index (χ4v) is 4.15. The third-order valence-electron chi connectivity index (χ3n) is 5.71. The minimum absolute atomic E-state index is 0.127. The molecule has 0 saturated carbocycles. The van der Waals surface area contributed by atoms with Crippen LogP contribution in [-0.2, 0) is 17.6 Å². The Kier molecular flexibility index (Phi) is 5.99. The van der Waals surface area contributed by atoms with Crippen molar-refractivity contribution in [2.24, 2.45) is 5.10 Å². The highest BCUT2D eigenvalue weighted by Crippen LogP contribution is 2.23. The molecule has 0 saturated heterocycles. The van der Waals surface area contributed by atoms with Crippen molar-refractivity contribution >= 4 is 22.9 Å². The van der Waals surface area contributed by atoms with Crippen molar-refractivity contribution in [1.29, 1.82) is 0 Å². The van der Waals surface area contributed by atoms with E-state index in [2.05, 4.69) is 78.3 Å². The Bertz CT molecular complexity index is 1260. The van der Waals surface area contributed by atoms with Crippen LogP contribution in [0.2, 0.25) is 0 Å². The first kappa shape index (κ1) is 20.6. The molecule has 4 aromatic rings. The number of carbonyl (C=O) groups excluding carboxylic acids is 1. The average molecular weight is 410 g/mol. The van der Waals surface area contributed by atoms with E-state index >= 15 is 0 Å². The van der Waals surface area contributed by atoms with Gasteiger partial charge in [-0.3, -0.25) is 4.79 Å². The fourth-order valence-electron chi connectivity index (χ4n) is 4.15. The number of benzene rings is 3. The Morgan fingerprint density at radius 3 is 2.52 bits per heavy atom. The lowest BCUT2D eigenvalue weighted by molar-refractivity contribution is -0.120. The van der Waals surface area contributed by atoms with Crippen LogP contribution in [0.3, 0.4) is 0 Å². The van der Waals surface area contributed by atoms with E-state index in [1.807, 2.05) is 30.3 Å². The van der Waals surface area contributed by atoms with Gasteiger partial charge in [-0.25, -0.2) is 5.43 Å². The highest BCUT2D eigenvalue weighted by molar-refractivity contribution is 5.90. The fraction of sp³-hybridized carbons (Fsp3) is 0.185. The maximum atomic E-state index is 12.5. The summed E-state index contributed by atoms with van der Waals surface area (Å²) >= 11 is 0. The summed E-state index contributed by atoms with van der Waals surface area (Å²) in [6.45, 7) is 6.34. The number of nitrogens with zero attached hydrogens (tertiary/aromatic N) is 2. The first-order valence-electron chi connectivity index (χ1n) is 10.6. The number of para-hydroxylation sites is 1. The van der Waals surface area contributed by atoms with Crippen LogP contribution in [0, 0.1) is 13.8 Å². The van der Waals surface area contributed by atoms with Crippen LogP contribution in [0.15, 0.2) is 77.9 Å². The van der Waals surface area contributed by atoms with Crippen LogP contribution < -0.4 is 5.43 Å². The molecule has 4 nitrogen and oxygen atoms in total. The molecule has 3 aromatic carbocycles. The van der Waals surface area contributed by atoms with Gasteiger partial charge >= 0.3 is 0 Å². The first-order chi connectivity index (χ1) is 15.1. The Morgan fingerprint density at radius 2 is 1.68 bits per heavy atom. The Labute approximate surface area is 183 Å². The second kappa shape index (κ2) is 9.00. The van der Waals surface area contributed by atoms with Crippen LogP contribution in [-0.4, -0.2) is 16.7 Å². The van der Waals surface area contributed by atoms with E-state index in [1.54, 1.807) is 6.21 Å². The molecule has 0 atom stereocenters. The second-order valence-corrected chi connectivity index (χ2v) is 7.75. The van der Waals surface area contributed by atoms with Gasteiger partial charge in [-0.15, -0.1) is 0 Å². The number of aryl methyl sites for hydroxylation is 2. The van der Waals surface area contributed by atoms with E-state index in [0.29, 0.717) is 6.42 Å². The van der Waals surface area contributed by atoms with Crippen molar-refractivity contribution in [3.05, 3.63) is 101 Å². The minimum Gasteiger partial charge on any atom is -0.318 e. The van der Waals surface area contributed by atoms with Crippen LogP contribution in [0.25, 0.3) is 16.5 Å². The van der Waals surface area contributed by atoms with Gasteiger partial charge in [0.15, 0.2) is 0 Å². The number of aromatic nitrogens is 1. The van der Waals surface area contributed by atoms with Crippen LogP contribution >= 0.6 is 0 Å². The zero-order valence-electron chi connectivity index (χ0n) is 18.2. The van der Waals surface area contributed by atoms with Gasteiger partial charge in [-0.2, -0.15) is 5.10 Å². The summed E-state index contributed by atoms with van der Waals surface area (Å²) in [5.74, 6) is -0.127. The summed E-state index contributed by atoms with van der Waals surface area (Å²) in [6.07, 6.45) is 3.00. The highest BCUT2D eigenvalue weighted by Gasteiger charge is 2.12. The normalized spacial score (nSPS) is 11.3. The first-order valence-corrected chi connectivity index (χ1v) is 10.6. The summed E-state index contributed by atoms with van der Waals surface area (Å²) in [4.78, 5) is 12.5. The number of rotatable bonds is 6. The minimum atomic E-state index is -0.127. The molecular formula is C27H27N3O. The maximum Gasteiger partial charge on any atom is 0.244 e. The quantitative estimate of drug-likeness (QED) is 0.332. The van der Waals surface area contributed by atoms with Gasteiger partial charge < -0.3 is 4.57 Å². The van der Waals surface area contributed by atoms with Gasteiger partial charge in [0.1, 0.15) is 0 Å². The van der Waals surface area contributed by atoms with Gasteiger partial charge in [-0.1, -0.05) is 67.6 Å². The standard InChI is InChI=1S/C27H27N3O/c1-4-21-10-6-8-15-26(21)30-19(2)16-24(20(30)3)18-28-29-27(31)17-23-13-9-12-22-11-5-7-14-25(22)23/h5-16,18H,4,17H2,1-3H3,(H,29,31)/b28-18-. The molecule has 0 aliphatic carbocycles. The third-order valence-corrected chi connectivity index (χ3v) is 5.71. The van der Waals surface area contributed by atoms with E-state index in [1.165, 1.54) is 11.3 Å². The summed E-state index contributed by atoms with van der Waals surface area (Å²) in [5, 5.41) is 6.47. The zero-order valence-corrected chi connectivity index (χ0v) is 18.2. The second-order valence-electron chi connectivity index (χ2n) is 7.75. The molecule has 0 radical (unpaired) electrons. The maximum absolute atomic E-state index is 12.5. The number of carbonyl (C=O) groups is 1. The summed E-state index contributed by atoms with van der Waals surface area (Å²) in [7, 11) is 0. The lowest BCUT2D eigenvalue weighted by Crippen LogP contribution is -2.20. The van der Waals surface area contributed by atoms with E-state index in [-0.39, 0.29) is 5.91 Å². The molecule has 1 amide bonds. The number of hydrazone groups is 1. The molecular weight excluding hydrogens is 382 g/mol. The molecule has 0 bridgehead atoms. The molecule has 1 N–H and O–H groups in total. The van der Waals surface area contributed by atoms with Gasteiger partial charge in [0, 0.05) is 22.6 Å². The molecule has 0 aliphatic rings. The summed E-state index contributed by atoms with van der Waals surface area (Å²) < 4.78 is 2.25. The monoisotopic (exact) mass is 409 g/mol. The number of nitrogens with one attached hydrogen (secondary N) is 1. The van der Waals surface area contributed by atoms with E-state index in [0.717, 1.165) is 39.7 Å². The Morgan fingerprint density at radius 1 is 0.968 bits per heavy atom. The summed E-state index contributed by atoms with van der Waals surface area (Å²) in [5.41, 5.74) is 9.42. The zero-order chi connectivity index (χ0) is 21.8. The predicted octanol–water partition coefficient (Wildman–Crippen LogP) is 5.50. The Balaban J connectivity index is 1.50. The molecule has 0 fully saturated rings. The van der Waals surface area contributed by atoms with Crippen LogP contribution in [0.5, 0.6) is 0 Å². The number of amides is 1. The topological polar surface area (TPSA) is 46.4 Å². The smallest absolute Gasteiger partial charge is 0.244 e. The van der Waals surface area contributed by atoms with Crippen molar-refractivity contribution in [2.45, 2.75) is 33.6 Å². The molecule has 0 unspecified atom stereocenters. The average Bonchev–Trinajstić information content (AvgIpc) is 3.07.